The van der Waals surface area contributed by atoms with Gasteiger partial charge in [0.1, 0.15) is 5.75 Å². The summed E-state index contributed by atoms with van der Waals surface area (Å²) in [6, 6.07) is 7.90. The van der Waals surface area contributed by atoms with Gasteiger partial charge in [0.15, 0.2) is 0 Å². The summed E-state index contributed by atoms with van der Waals surface area (Å²) in [4.78, 5) is 0. The molecule has 1 fully saturated rings. The van der Waals surface area contributed by atoms with Crippen LogP contribution in [0.25, 0.3) is 0 Å². The zero-order valence-electron chi connectivity index (χ0n) is 8.11. The molecule has 0 aliphatic carbocycles. The average Bonchev–Trinajstić information content (AvgIpc) is 2.18. The highest BCUT2D eigenvalue weighted by atomic mass is 16.3. The van der Waals surface area contributed by atoms with Crippen LogP contribution in [-0.2, 0) is 0 Å². The molecule has 0 amide bonds. The van der Waals surface area contributed by atoms with Gasteiger partial charge in [0.05, 0.1) is 0 Å². The van der Waals surface area contributed by atoms with Gasteiger partial charge in [0, 0.05) is 17.6 Å². The molecular formula is C11H16N2O. The van der Waals surface area contributed by atoms with Crippen molar-refractivity contribution in [1.29, 1.82) is 0 Å². The van der Waals surface area contributed by atoms with Crippen LogP contribution in [0, 0.1) is 0 Å². The van der Waals surface area contributed by atoms with Crippen LogP contribution in [0.15, 0.2) is 24.3 Å². The summed E-state index contributed by atoms with van der Waals surface area (Å²) in [6.07, 6.45) is 1.92. The summed E-state index contributed by atoms with van der Waals surface area (Å²) in [7, 11) is 0. The zero-order valence-corrected chi connectivity index (χ0v) is 8.11. The van der Waals surface area contributed by atoms with Crippen molar-refractivity contribution < 1.29 is 5.11 Å². The Hall–Kier alpha value is -1.06. The number of para-hydroxylation sites is 1. The fourth-order valence-electron chi connectivity index (χ4n) is 1.97. The number of phenols is 1. The van der Waals surface area contributed by atoms with Crippen LogP contribution in [0.1, 0.15) is 24.4 Å². The lowest BCUT2D eigenvalue weighted by Crippen LogP contribution is -2.38. The summed E-state index contributed by atoms with van der Waals surface area (Å²) in [5.41, 5.74) is 6.85. The fraction of sp³-hybridized carbons (Fsp3) is 0.455. The van der Waals surface area contributed by atoms with E-state index in [0.717, 1.165) is 24.9 Å². The van der Waals surface area contributed by atoms with Crippen molar-refractivity contribution in [2.75, 3.05) is 6.54 Å². The van der Waals surface area contributed by atoms with Gasteiger partial charge in [-0.25, -0.2) is 0 Å². The number of piperidine rings is 1. The Morgan fingerprint density at radius 1 is 1.36 bits per heavy atom. The monoisotopic (exact) mass is 192 g/mol. The number of hydrogen-bond donors (Lipinski definition) is 3. The first kappa shape index (κ1) is 9.49. The van der Waals surface area contributed by atoms with E-state index in [2.05, 4.69) is 5.32 Å². The highest BCUT2D eigenvalue weighted by Gasteiger charge is 2.21. The van der Waals surface area contributed by atoms with E-state index in [4.69, 9.17) is 5.73 Å². The molecule has 0 aromatic heterocycles. The van der Waals surface area contributed by atoms with E-state index in [0.29, 0.717) is 5.75 Å². The Balaban J connectivity index is 2.18. The zero-order chi connectivity index (χ0) is 9.97. The summed E-state index contributed by atoms with van der Waals surface area (Å²) >= 11 is 0. The quantitative estimate of drug-likeness (QED) is 0.625. The van der Waals surface area contributed by atoms with Gasteiger partial charge >= 0.3 is 0 Å². The maximum Gasteiger partial charge on any atom is 0.120 e. The van der Waals surface area contributed by atoms with Crippen molar-refractivity contribution in [2.24, 2.45) is 5.73 Å². The van der Waals surface area contributed by atoms with Crippen LogP contribution in [0.3, 0.4) is 0 Å². The summed E-state index contributed by atoms with van der Waals surface area (Å²) in [5, 5.41) is 13.0. The van der Waals surface area contributed by atoms with Gasteiger partial charge in [-0.05, 0) is 25.5 Å². The third-order valence-corrected chi connectivity index (χ3v) is 2.76. The van der Waals surface area contributed by atoms with Crippen molar-refractivity contribution in [1.82, 2.24) is 5.32 Å². The minimum absolute atomic E-state index is 0.208. The Kier molecular flexibility index (Phi) is 2.70. The molecule has 0 spiro atoms. The molecule has 1 heterocycles. The van der Waals surface area contributed by atoms with Gasteiger partial charge in [-0.15, -0.1) is 0 Å². The molecule has 1 saturated heterocycles. The van der Waals surface area contributed by atoms with Crippen LogP contribution in [0.4, 0.5) is 0 Å². The maximum absolute atomic E-state index is 9.67. The second kappa shape index (κ2) is 3.98. The van der Waals surface area contributed by atoms with Gasteiger partial charge in [-0.2, -0.15) is 0 Å². The second-order valence-electron chi connectivity index (χ2n) is 3.85. The van der Waals surface area contributed by atoms with Crippen molar-refractivity contribution in [3.8, 4) is 5.75 Å². The second-order valence-corrected chi connectivity index (χ2v) is 3.85. The molecule has 1 aromatic carbocycles. The maximum atomic E-state index is 9.67. The first-order valence-corrected chi connectivity index (χ1v) is 5.04. The lowest BCUT2D eigenvalue weighted by Gasteiger charge is -2.28. The number of nitrogens with one attached hydrogen (secondary N) is 1. The van der Waals surface area contributed by atoms with Crippen molar-refractivity contribution in [3.05, 3.63) is 29.8 Å². The highest BCUT2D eigenvalue weighted by Crippen LogP contribution is 2.28. The molecule has 1 aliphatic rings. The highest BCUT2D eigenvalue weighted by molar-refractivity contribution is 5.34. The van der Waals surface area contributed by atoms with Gasteiger partial charge in [-0.3, -0.25) is 0 Å². The predicted octanol–water partition coefficient (Wildman–Crippen LogP) is 1.14. The van der Waals surface area contributed by atoms with E-state index >= 15 is 0 Å². The van der Waals surface area contributed by atoms with Crippen molar-refractivity contribution in [3.63, 3.8) is 0 Å². The lowest BCUT2D eigenvalue weighted by atomic mass is 9.94. The van der Waals surface area contributed by atoms with Crippen LogP contribution < -0.4 is 11.1 Å². The molecule has 1 aromatic rings. The average molecular weight is 192 g/mol. The molecule has 4 N–H and O–H groups in total. The summed E-state index contributed by atoms with van der Waals surface area (Å²) in [6.45, 7) is 0.931. The molecule has 0 saturated carbocycles. The Bertz CT molecular complexity index is 314. The number of phenolic OH excluding ortho intramolecular Hbond substituents is 1. The van der Waals surface area contributed by atoms with Crippen LogP contribution in [0.2, 0.25) is 0 Å². The lowest BCUT2D eigenvalue weighted by molar-refractivity contribution is 0.357. The van der Waals surface area contributed by atoms with E-state index in [1.54, 1.807) is 6.07 Å². The molecule has 3 nitrogen and oxygen atoms in total. The van der Waals surface area contributed by atoms with Crippen LogP contribution in [-0.4, -0.2) is 17.7 Å². The van der Waals surface area contributed by atoms with Crippen LogP contribution >= 0.6 is 0 Å². The minimum atomic E-state index is 0.208. The van der Waals surface area contributed by atoms with E-state index in [1.165, 1.54) is 0 Å². The van der Waals surface area contributed by atoms with Gasteiger partial charge in [-0.1, -0.05) is 18.2 Å². The number of nitrogens with two attached hydrogens (primary N) is 1. The molecule has 2 unspecified atom stereocenters. The molecule has 0 bridgehead atoms. The van der Waals surface area contributed by atoms with Gasteiger partial charge < -0.3 is 16.2 Å². The van der Waals surface area contributed by atoms with Crippen LogP contribution in [0.5, 0.6) is 5.75 Å². The smallest absolute Gasteiger partial charge is 0.120 e. The number of benzene rings is 1. The van der Waals surface area contributed by atoms with Crippen molar-refractivity contribution >= 4 is 0 Å². The molecule has 76 valence electrons. The molecule has 0 radical (unpaired) electrons. The van der Waals surface area contributed by atoms with E-state index in [9.17, 15) is 5.11 Å². The predicted molar refractivity (Wildman–Crippen MR) is 56.1 cm³/mol. The minimum Gasteiger partial charge on any atom is -0.508 e. The van der Waals surface area contributed by atoms with E-state index in [-0.39, 0.29) is 12.1 Å². The number of hydrogen-bond acceptors (Lipinski definition) is 3. The third kappa shape index (κ3) is 1.89. The van der Waals surface area contributed by atoms with Gasteiger partial charge in [0.2, 0.25) is 0 Å². The Labute approximate surface area is 83.9 Å². The number of aromatic hydroxyl groups is 1. The topological polar surface area (TPSA) is 58.3 Å². The van der Waals surface area contributed by atoms with Crippen molar-refractivity contribution in [2.45, 2.75) is 24.9 Å². The molecule has 2 rings (SSSR count). The summed E-state index contributed by atoms with van der Waals surface area (Å²) < 4.78 is 0. The first-order chi connectivity index (χ1) is 6.77. The van der Waals surface area contributed by atoms with E-state index < -0.39 is 0 Å². The molecule has 14 heavy (non-hydrogen) atoms. The summed E-state index contributed by atoms with van der Waals surface area (Å²) in [5.74, 6) is 0.360. The third-order valence-electron chi connectivity index (χ3n) is 2.76. The fourth-order valence-corrected chi connectivity index (χ4v) is 1.97. The standard InChI is InChI=1S/C11H16N2O/c12-8-5-6-13-10(7-8)9-3-1-2-4-11(9)14/h1-4,8,10,13-14H,5-7,12H2. The van der Waals surface area contributed by atoms with E-state index in [1.807, 2.05) is 18.2 Å². The molecule has 3 heteroatoms. The SMILES string of the molecule is NC1CCNC(c2ccccc2O)C1. The Morgan fingerprint density at radius 2 is 2.14 bits per heavy atom. The number of rotatable bonds is 1. The largest absolute Gasteiger partial charge is 0.508 e. The molecule has 2 atom stereocenters. The molecular weight excluding hydrogens is 176 g/mol. The first-order valence-electron chi connectivity index (χ1n) is 5.04. The Morgan fingerprint density at radius 3 is 2.86 bits per heavy atom. The normalized spacial score (nSPS) is 27.5. The van der Waals surface area contributed by atoms with Gasteiger partial charge in [0.25, 0.3) is 0 Å². The molecule has 1 aliphatic heterocycles.